The molecular formula is C10H20N2O. The number of hydrogen-bond donors (Lipinski definition) is 2. The van der Waals surface area contributed by atoms with E-state index in [0.29, 0.717) is 12.6 Å². The molecule has 1 amide bonds. The Kier molecular flexibility index (Phi) is 2.96. The molecule has 0 bridgehead atoms. The van der Waals surface area contributed by atoms with Crippen LogP contribution in [0.3, 0.4) is 0 Å². The fourth-order valence-corrected chi connectivity index (χ4v) is 1.49. The largest absolute Gasteiger partial charge is 0.353 e. The van der Waals surface area contributed by atoms with Crippen LogP contribution in [0.4, 0.5) is 0 Å². The van der Waals surface area contributed by atoms with Crippen LogP contribution in [0.15, 0.2) is 0 Å². The Morgan fingerprint density at radius 1 is 1.54 bits per heavy atom. The van der Waals surface area contributed by atoms with Gasteiger partial charge in [0.1, 0.15) is 0 Å². The Hall–Kier alpha value is -0.570. The lowest BCUT2D eigenvalue weighted by Crippen LogP contribution is -2.50. The van der Waals surface area contributed by atoms with Gasteiger partial charge in [0.25, 0.3) is 0 Å². The van der Waals surface area contributed by atoms with Crippen LogP contribution in [-0.2, 0) is 4.79 Å². The Labute approximate surface area is 80.1 Å². The van der Waals surface area contributed by atoms with Crippen LogP contribution in [0.25, 0.3) is 0 Å². The summed E-state index contributed by atoms with van der Waals surface area (Å²) in [5.41, 5.74) is 5.09. The number of carbonyl (C=O) groups is 1. The van der Waals surface area contributed by atoms with Crippen LogP contribution in [0.2, 0.25) is 0 Å². The van der Waals surface area contributed by atoms with Gasteiger partial charge < -0.3 is 11.1 Å². The molecule has 0 spiro atoms. The van der Waals surface area contributed by atoms with Crippen molar-refractivity contribution in [2.75, 3.05) is 6.54 Å². The summed E-state index contributed by atoms with van der Waals surface area (Å²) in [5, 5.41) is 3.02. The molecule has 0 heterocycles. The lowest BCUT2D eigenvalue weighted by molar-refractivity contribution is -0.130. The van der Waals surface area contributed by atoms with Crippen molar-refractivity contribution < 1.29 is 4.79 Å². The molecule has 1 fully saturated rings. The Balaban J connectivity index is 2.33. The van der Waals surface area contributed by atoms with Crippen LogP contribution in [0.1, 0.15) is 33.6 Å². The van der Waals surface area contributed by atoms with Gasteiger partial charge >= 0.3 is 0 Å². The third-order valence-electron chi connectivity index (χ3n) is 2.83. The fourth-order valence-electron chi connectivity index (χ4n) is 1.49. The van der Waals surface area contributed by atoms with Gasteiger partial charge in [-0.3, -0.25) is 4.79 Å². The highest BCUT2D eigenvalue weighted by molar-refractivity contribution is 5.82. The van der Waals surface area contributed by atoms with Gasteiger partial charge in [-0.2, -0.15) is 0 Å². The summed E-state index contributed by atoms with van der Waals surface area (Å²) in [6, 6.07) is 0.397. The van der Waals surface area contributed by atoms with E-state index in [1.54, 1.807) is 0 Å². The van der Waals surface area contributed by atoms with Crippen LogP contribution in [-0.4, -0.2) is 18.5 Å². The van der Waals surface area contributed by atoms with E-state index in [2.05, 4.69) is 12.2 Å². The summed E-state index contributed by atoms with van der Waals surface area (Å²) in [7, 11) is 0. The topological polar surface area (TPSA) is 55.1 Å². The van der Waals surface area contributed by atoms with Gasteiger partial charge in [0.05, 0.1) is 5.41 Å². The zero-order valence-corrected chi connectivity index (χ0v) is 8.76. The van der Waals surface area contributed by atoms with Crippen LogP contribution in [0.5, 0.6) is 0 Å². The van der Waals surface area contributed by atoms with E-state index in [0.717, 1.165) is 18.8 Å². The maximum atomic E-state index is 11.6. The highest BCUT2D eigenvalue weighted by Crippen LogP contribution is 2.27. The number of hydrogen-bond acceptors (Lipinski definition) is 2. The number of nitrogens with two attached hydrogens (primary N) is 1. The summed E-state index contributed by atoms with van der Waals surface area (Å²) in [4.78, 5) is 11.6. The molecule has 13 heavy (non-hydrogen) atoms. The molecule has 0 radical (unpaired) electrons. The summed E-state index contributed by atoms with van der Waals surface area (Å²) < 4.78 is 0. The van der Waals surface area contributed by atoms with E-state index in [9.17, 15) is 4.79 Å². The van der Waals surface area contributed by atoms with Crippen molar-refractivity contribution >= 4 is 5.91 Å². The van der Waals surface area contributed by atoms with Crippen LogP contribution >= 0.6 is 0 Å². The Bertz CT molecular complexity index is 195. The Morgan fingerprint density at radius 2 is 2.08 bits per heavy atom. The van der Waals surface area contributed by atoms with Gasteiger partial charge in [-0.15, -0.1) is 0 Å². The van der Waals surface area contributed by atoms with Crippen molar-refractivity contribution in [2.45, 2.75) is 39.7 Å². The molecule has 3 nitrogen and oxygen atoms in total. The molecule has 0 aromatic carbocycles. The first-order chi connectivity index (χ1) is 5.95. The first-order valence-electron chi connectivity index (χ1n) is 4.96. The van der Waals surface area contributed by atoms with Crippen molar-refractivity contribution in [1.29, 1.82) is 0 Å². The van der Waals surface area contributed by atoms with Gasteiger partial charge in [-0.05, 0) is 32.6 Å². The van der Waals surface area contributed by atoms with Crippen molar-refractivity contribution in [3.05, 3.63) is 0 Å². The lowest BCUT2D eigenvalue weighted by atomic mass is 9.81. The molecule has 0 atom stereocenters. The maximum absolute atomic E-state index is 11.6. The number of nitrogens with one attached hydrogen (secondary N) is 1. The van der Waals surface area contributed by atoms with Crippen LogP contribution < -0.4 is 11.1 Å². The minimum Gasteiger partial charge on any atom is -0.353 e. The van der Waals surface area contributed by atoms with E-state index in [4.69, 9.17) is 5.73 Å². The molecule has 0 saturated heterocycles. The molecule has 3 heteroatoms. The van der Waals surface area contributed by atoms with Gasteiger partial charge in [-0.25, -0.2) is 0 Å². The molecule has 76 valence electrons. The first kappa shape index (κ1) is 10.5. The second-order valence-electron chi connectivity index (χ2n) is 4.83. The minimum absolute atomic E-state index is 0.0897. The van der Waals surface area contributed by atoms with E-state index in [1.807, 2.05) is 13.8 Å². The summed E-state index contributed by atoms with van der Waals surface area (Å²) in [5.74, 6) is 0.859. The van der Waals surface area contributed by atoms with Gasteiger partial charge in [0, 0.05) is 12.6 Å². The van der Waals surface area contributed by atoms with Gasteiger partial charge in [-0.1, -0.05) is 6.92 Å². The van der Waals surface area contributed by atoms with Crippen molar-refractivity contribution in [1.82, 2.24) is 5.32 Å². The molecule has 3 N–H and O–H groups in total. The average molecular weight is 184 g/mol. The van der Waals surface area contributed by atoms with Gasteiger partial charge in [0.15, 0.2) is 0 Å². The summed E-state index contributed by atoms with van der Waals surface area (Å²) in [6.45, 7) is 6.37. The third kappa shape index (κ3) is 2.44. The number of rotatable bonds is 3. The Morgan fingerprint density at radius 3 is 2.46 bits per heavy atom. The highest BCUT2D eigenvalue weighted by atomic mass is 16.2. The zero-order valence-electron chi connectivity index (χ0n) is 8.76. The highest BCUT2D eigenvalue weighted by Gasteiger charge is 2.32. The quantitative estimate of drug-likeness (QED) is 0.684. The molecule has 1 saturated carbocycles. The fraction of sp³-hybridized carbons (Fsp3) is 0.900. The molecule has 0 aromatic heterocycles. The van der Waals surface area contributed by atoms with Crippen LogP contribution in [0, 0.1) is 11.3 Å². The third-order valence-corrected chi connectivity index (χ3v) is 2.83. The number of carbonyl (C=O) groups excluding carboxylic acids is 1. The molecule has 1 aliphatic rings. The second-order valence-corrected chi connectivity index (χ2v) is 4.83. The van der Waals surface area contributed by atoms with E-state index >= 15 is 0 Å². The van der Waals surface area contributed by atoms with Crippen molar-refractivity contribution in [3.8, 4) is 0 Å². The minimum atomic E-state index is -0.418. The molecule has 1 aliphatic carbocycles. The molecule has 1 rings (SSSR count). The second kappa shape index (κ2) is 3.66. The van der Waals surface area contributed by atoms with E-state index in [1.165, 1.54) is 0 Å². The molecule has 0 aliphatic heterocycles. The van der Waals surface area contributed by atoms with E-state index in [-0.39, 0.29) is 5.91 Å². The van der Waals surface area contributed by atoms with E-state index < -0.39 is 5.41 Å². The van der Waals surface area contributed by atoms with Crippen molar-refractivity contribution in [3.63, 3.8) is 0 Å². The smallest absolute Gasteiger partial charge is 0.227 e. The summed E-state index contributed by atoms with van der Waals surface area (Å²) >= 11 is 0. The average Bonchev–Trinajstić information content (AvgIpc) is 2.01. The van der Waals surface area contributed by atoms with Crippen molar-refractivity contribution in [2.24, 2.45) is 17.1 Å². The zero-order chi connectivity index (χ0) is 10.1. The monoisotopic (exact) mass is 184 g/mol. The predicted molar refractivity (Wildman–Crippen MR) is 53.2 cm³/mol. The van der Waals surface area contributed by atoms with Gasteiger partial charge in [0.2, 0.25) is 5.91 Å². The molecule has 0 unspecified atom stereocenters. The molecule has 0 aromatic rings. The lowest BCUT2D eigenvalue weighted by Gasteiger charge is -2.35. The number of amides is 1. The maximum Gasteiger partial charge on any atom is 0.227 e. The molecular weight excluding hydrogens is 164 g/mol. The SMILES string of the molecule is CC1CC(NC(=O)C(C)(C)CN)C1. The first-order valence-corrected chi connectivity index (χ1v) is 4.96. The predicted octanol–water partition coefficient (Wildman–Crippen LogP) is 0.886. The standard InChI is InChI=1S/C10H20N2O/c1-7-4-8(5-7)12-9(13)10(2,3)6-11/h7-8H,4-6,11H2,1-3H3,(H,12,13). The summed E-state index contributed by atoms with van der Waals surface area (Å²) in [6.07, 6.45) is 2.23. The normalized spacial score (nSPS) is 28.0.